The number of benzene rings is 1. The highest BCUT2D eigenvalue weighted by atomic mass is 32.2. The first-order chi connectivity index (χ1) is 8.05. The molecule has 1 unspecified atom stereocenters. The third-order valence-electron chi connectivity index (χ3n) is 2.97. The fraction of sp³-hybridized carbons (Fsp3) is 0.571. The van der Waals surface area contributed by atoms with Crippen molar-refractivity contribution in [3.63, 3.8) is 0 Å². The normalized spacial score (nSPS) is 22.6. The predicted octanol–water partition coefficient (Wildman–Crippen LogP) is 3.44. The number of morpholine rings is 1. The molecule has 0 aliphatic carbocycles. The van der Waals surface area contributed by atoms with Crippen molar-refractivity contribution in [3.8, 4) is 0 Å². The van der Waals surface area contributed by atoms with Crippen LogP contribution in [0, 0.1) is 5.41 Å². The van der Waals surface area contributed by atoms with Crippen LogP contribution < -0.4 is 0 Å². The van der Waals surface area contributed by atoms with Crippen LogP contribution in [-0.4, -0.2) is 30.1 Å². The van der Waals surface area contributed by atoms with Crippen LogP contribution in [0.4, 0.5) is 0 Å². The topological polar surface area (TPSA) is 12.5 Å². The van der Waals surface area contributed by atoms with Gasteiger partial charge in [0.15, 0.2) is 0 Å². The van der Waals surface area contributed by atoms with E-state index in [4.69, 9.17) is 4.74 Å². The lowest BCUT2D eigenvalue weighted by Crippen LogP contribution is -2.45. The molecule has 2 nitrogen and oxygen atoms in total. The Morgan fingerprint density at radius 2 is 1.94 bits per heavy atom. The molecule has 0 N–H and O–H groups in total. The highest BCUT2D eigenvalue weighted by Gasteiger charge is 2.30. The van der Waals surface area contributed by atoms with Gasteiger partial charge in [0, 0.05) is 18.0 Å². The van der Waals surface area contributed by atoms with Gasteiger partial charge >= 0.3 is 0 Å². The van der Waals surface area contributed by atoms with Gasteiger partial charge in [0.05, 0.1) is 12.7 Å². The molecule has 3 heteroatoms. The first-order valence-electron chi connectivity index (χ1n) is 6.15. The molecule has 1 aromatic carbocycles. The molecule has 1 aromatic rings. The second-order valence-electron chi connectivity index (χ2n) is 5.52. The van der Waals surface area contributed by atoms with Crippen molar-refractivity contribution in [2.24, 2.45) is 5.41 Å². The van der Waals surface area contributed by atoms with Crippen molar-refractivity contribution < 1.29 is 4.74 Å². The van der Waals surface area contributed by atoms with Gasteiger partial charge in [0.2, 0.25) is 0 Å². The van der Waals surface area contributed by atoms with E-state index in [0.717, 1.165) is 19.7 Å². The van der Waals surface area contributed by atoms with E-state index in [9.17, 15) is 0 Å². The van der Waals surface area contributed by atoms with Crippen LogP contribution >= 0.6 is 11.9 Å². The van der Waals surface area contributed by atoms with Gasteiger partial charge in [-0.2, -0.15) is 0 Å². The second-order valence-corrected chi connectivity index (χ2v) is 6.69. The monoisotopic (exact) mass is 251 g/mol. The van der Waals surface area contributed by atoms with E-state index in [1.165, 1.54) is 4.90 Å². The van der Waals surface area contributed by atoms with Crippen LogP contribution in [-0.2, 0) is 4.74 Å². The molecule has 1 aliphatic heterocycles. The summed E-state index contributed by atoms with van der Waals surface area (Å²) >= 11 is 1.84. The second kappa shape index (κ2) is 5.42. The Labute approximate surface area is 108 Å². The fourth-order valence-corrected chi connectivity index (χ4v) is 2.82. The molecule has 0 spiro atoms. The number of rotatable bonds is 2. The van der Waals surface area contributed by atoms with E-state index < -0.39 is 0 Å². The summed E-state index contributed by atoms with van der Waals surface area (Å²) in [5.74, 6) is 0. The van der Waals surface area contributed by atoms with Gasteiger partial charge in [-0.1, -0.05) is 39.0 Å². The molecule has 2 rings (SSSR count). The van der Waals surface area contributed by atoms with Gasteiger partial charge in [0.1, 0.15) is 0 Å². The summed E-state index contributed by atoms with van der Waals surface area (Å²) in [6.07, 6.45) is 0.326. The minimum Gasteiger partial charge on any atom is -0.375 e. The van der Waals surface area contributed by atoms with E-state index in [2.05, 4.69) is 55.4 Å². The third kappa shape index (κ3) is 3.73. The summed E-state index contributed by atoms with van der Waals surface area (Å²) in [6, 6.07) is 10.5. The maximum atomic E-state index is 5.86. The lowest BCUT2D eigenvalue weighted by Gasteiger charge is -2.38. The summed E-state index contributed by atoms with van der Waals surface area (Å²) in [7, 11) is 0. The predicted molar refractivity (Wildman–Crippen MR) is 73.1 cm³/mol. The van der Waals surface area contributed by atoms with Crippen LogP contribution in [0.2, 0.25) is 0 Å². The Bertz CT molecular complexity index is 347. The van der Waals surface area contributed by atoms with E-state index in [-0.39, 0.29) is 5.41 Å². The van der Waals surface area contributed by atoms with Crippen molar-refractivity contribution in [1.82, 2.24) is 4.31 Å². The molecule has 0 aromatic heterocycles. The first-order valence-corrected chi connectivity index (χ1v) is 6.92. The maximum Gasteiger partial charge on any atom is 0.0760 e. The first kappa shape index (κ1) is 12.9. The van der Waals surface area contributed by atoms with Crippen molar-refractivity contribution in [2.45, 2.75) is 31.8 Å². The van der Waals surface area contributed by atoms with Crippen LogP contribution in [0.3, 0.4) is 0 Å². The minimum absolute atomic E-state index is 0.218. The smallest absolute Gasteiger partial charge is 0.0760 e. The molecular weight excluding hydrogens is 230 g/mol. The lowest BCUT2D eigenvalue weighted by molar-refractivity contribution is -0.0569. The minimum atomic E-state index is 0.218. The molecule has 0 saturated carbocycles. The van der Waals surface area contributed by atoms with Gasteiger partial charge in [-0.3, -0.25) is 0 Å². The van der Waals surface area contributed by atoms with E-state index in [1.54, 1.807) is 0 Å². The number of hydrogen-bond acceptors (Lipinski definition) is 3. The van der Waals surface area contributed by atoms with Gasteiger partial charge in [0.25, 0.3) is 0 Å². The van der Waals surface area contributed by atoms with Crippen LogP contribution in [0.15, 0.2) is 35.2 Å². The maximum absolute atomic E-state index is 5.86. The summed E-state index contributed by atoms with van der Waals surface area (Å²) < 4.78 is 8.27. The molecule has 94 valence electrons. The Kier molecular flexibility index (Phi) is 4.13. The van der Waals surface area contributed by atoms with E-state index in [0.29, 0.717) is 6.10 Å². The molecular formula is C14H21NOS. The Hall–Kier alpha value is -0.510. The van der Waals surface area contributed by atoms with Crippen LogP contribution in [0.1, 0.15) is 20.8 Å². The Balaban J connectivity index is 1.94. The standard InChI is InChI=1S/C14H21NOS/c1-14(2,3)13-11-15(9-10-16-13)17-12-7-5-4-6-8-12/h4-8,13H,9-11H2,1-3H3. The molecule has 0 bridgehead atoms. The molecule has 0 radical (unpaired) electrons. The average molecular weight is 251 g/mol. The highest BCUT2D eigenvalue weighted by molar-refractivity contribution is 7.97. The summed E-state index contributed by atoms with van der Waals surface area (Å²) in [4.78, 5) is 1.31. The van der Waals surface area contributed by atoms with Crippen LogP contribution in [0.25, 0.3) is 0 Å². The zero-order valence-electron chi connectivity index (χ0n) is 10.8. The lowest BCUT2D eigenvalue weighted by atomic mass is 9.88. The molecule has 17 heavy (non-hydrogen) atoms. The zero-order valence-corrected chi connectivity index (χ0v) is 11.7. The Morgan fingerprint density at radius 1 is 1.24 bits per heavy atom. The van der Waals surface area contributed by atoms with Gasteiger partial charge < -0.3 is 4.74 Å². The quantitative estimate of drug-likeness (QED) is 0.747. The van der Waals surface area contributed by atoms with Crippen LogP contribution in [0.5, 0.6) is 0 Å². The highest BCUT2D eigenvalue weighted by Crippen LogP contribution is 2.30. The summed E-state index contributed by atoms with van der Waals surface area (Å²) in [5.41, 5.74) is 0.218. The van der Waals surface area contributed by atoms with Gasteiger partial charge in [-0.15, -0.1) is 0 Å². The third-order valence-corrected chi connectivity index (χ3v) is 4.05. The molecule has 1 saturated heterocycles. The van der Waals surface area contributed by atoms with Crippen molar-refractivity contribution in [2.75, 3.05) is 19.7 Å². The molecule has 1 aliphatic rings. The van der Waals surface area contributed by atoms with Crippen molar-refractivity contribution in [1.29, 1.82) is 0 Å². The zero-order chi connectivity index (χ0) is 12.3. The van der Waals surface area contributed by atoms with Crippen molar-refractivity contribution in [3.05, 3.63) is 30.3 Å². The van der Waals surface area contributed by atoms with E-state index in [1.807, 2.05) is 11.9 Å². The fourth-order valence-electron chi connectivity index (χ4n) is 1.86. The van der Waals surface area contributed by atoms with E-state index >= 15 is 0 Å². The number of nitrogens with zero attached hydrogens (tertiary/aromatic N) is 1. The Morgan fingerprint density at radius 3 is 2.59 bits per heavy atom. The number of hydrogen-bond donors (Lipinski definition) is 0. The van der Waals surface area contributed by atoms with Crippen molar-refractivity contribution >= 4 is 11.9 Å². The number of ether oxygens (including phenoxy) is 1. The van der Waals surface area contributed by atoms with Gasteiger partial charge in [-0.25, -0.2) is 4.31 Å². The molecule has 1 fully saturated rings. The average Bonchev–Trinajstić information content (AvgIpc) is 2.29. The molecule has 0 amide bonds. The van der Waals surface area contributed by atoms with Gasteiger partial charge in [-0.05, 0) is 29.5 Å². The molecule has 1 heterocycles. The molecule has 1 atom stereocenters. The largest absolute Gasteiger partial charge is 0.375 e. The SMILES string of the molecule is CC(C)(C)C1CN(Sc2ccccc2)CCO1. The summed E-state index contributed by atoms with van der Waals surface area (Å²) in [6.45, 7) is 9.58. The summed E-state index contributed by atoms with van der Waals surface area (Å²) in [5, 5.41) is 0.